The Labute approximate surface area is 157 Å². The van der Waals surface area contributed by atoms with Gasteiger partial charge in [0.05, 0.1) is 6.54 Å². The first kappa shape index (κ1) is 17.3. The molecule has 0 aliphatic carbocycles. The van der Waals surface area contributed by atoms with Crippen LogP contribution in [0.5, 0.6) is 0 Å². The smallest absolute Gasteiger partial charge is 0.240 e. The molecule has 4 aliphatic rings. The number of fused-ring (bicyclic) bond motifs is 2. The van der Waals surface area contributed by atoms with E-state index in [2.05, 4.69) is 19.9 Å². The average molecular weight is 374 g/mol. The van der Waals surface area contributed by atoms with E-state index in [0.717, 1.165) is 43.5 Å². The molecule has 3 atom stereocenters. The normalized spacial score (nSPS) is 32.8. The Morgan fingerprint density at radius 3 is 2.52 bits per heavy atom. The molecule has 2 aromatic rings. The van der Waals surface area contributed by atoms with Crippen LogP contribution in [0.25, 0.3) is 0 Å². The van der Waals surface area contributed by atoms with E-state index in [1.807, 2.05) is 6.92 Å². The third kappa shape index (κ3) is 2.97. The van der Waals surface area contributed by atoms with Crippen LogP contribution in [-0.2, 0) is 13.0 Å². The van der Waals surface area contributed by atoms with Crippen molar-refractivity contribution in [2.75, 3.05) is 19.6 Å². The number of hydrogen-bond donors (Lipinski definition) is 0. The van der Waals surface area contributed by atoms with E-state index in [4.69, 9.17) is 4.52 Å². The lowest BCUT2D eigenvalue weighted by Gasteiger charge is -2.51. The molecule has 1 aromatic heterocycles. The summed E-state index contributed by atoms with van der Waals surface area (Å²) in [5, 5.41) is 4.01. The monoisotopic (exact) mass is 374 g/mol. The summed E-state index contributed by atoms with van der Waals surface area (Å²) in [6.45, 7) is 5.52. The Hall–Kier alpha value is -1.86. The van der Waals surface area contributed by atoms with Crippen LogP contribution in [0.1, 0.15) is 43.0 Å². The molecule has 6 rings (SSSR count). The fourth-order valence-corrected chi connectivity index (χ4v) is 5.48. The Morgan fingerprint density at radius 1 is 1.11 bits per heavy atom. The largest absolute Gasteiger partial charge is 0.338 e. The summed E-state index contributed by atoms with van der Waals surface area (Å²) in [5.74, 6) is 1.07. The van der Waals surface area contributed by atoms with Gasteiger partial charge < -0.3 is 4.52 Å². The van der Waals surface area contributed by atoms with E-state index in [9.17, 15) is 8.78 Å². The second kappa shape index (κ2) is 6.63. The van der Waals surface area contributed by atoms with Crippen molar-refractivity contribution >= 4 is 0 Å². The third-order valence-electron chi connectivity index (χ3n) is 6.57. The maximum Gasteiger partial charge on any atom is 0.240 e. The number of likely N-dealkylation sites (tertiary alicyclic amines) is 1. The number of halogens is 2. The zero-order valence-electron chi connectivity index (χ0n) is 15.4. The van der Waals surface area contributed by atoms with Gasteiger partial charge in [0.15, 0.2) is 5.82 Å². The van der Waals surface area contributed by atoms with Gasteiger partial charge in [-0.2, -0.15) is 4.98 Å². The number of aryl methyl sites for hydroxylation is 1. The zero-order valence-corrected chi connectivity index (χ0v) is 15.4. The molecular weight excluding hydrogens is 350 g/mol. The minimum atomic E-state index is -0.500. The van der Waals surface area contributed by atoms with E-state index in [-0.39, 0.29) is 5.92 Å². The lowest BCUT2D eigenvalue weighted by atomic mass is 9.75. The molecule has 1 aromatic carbocycles. The van der Waals surface area contributed by atoms with Crippen molar-refractivity contribution in [2.24, 2.45) is 5.92 Å². The third-order valence-corrected chi connectivity index (χ3v) is 6.57. The van der Waals surface area contributed by atoms with Gasteiger partial charge in [0.2, 0.25) is 5.89 Å². The van der Waals surface area contributed by atoms with E-state index in [1.165, 1.54) is 25.0 Å². The van der Waals surface area contributed by atoms with Crippen molar-refractivity contribution in [2.45, 2.75) is 50.7 Å². The summed E-state index contributed by atoms with van der Waals surface area (Å²) in [4.78, 5) is 9.39. The topological polar surface area (TPSA) is 45.4 Å². The Balaban J connectivity index is 1.47. The first-order valence-corrected chi connectivity index (χ1v) is 9.88. The molecule has 2 bridgehead atoms. The van der Waals surface area contributed by atoms with Crippen molar-refractivity contribution < 1.29 is 13.3 Å². The van der Waals surface area contributed by atoms with Gasteiger partial charge in [0, 0.05) is 37.0 Å². The molecule has 0 unspecified atom stereocenters. The minimum absolute atomic E-state index is 0.0943. The molecule has 27 heavy (non-hydrogen) atoms. The SMILES string of the molecule is CCc1noc(CN2C[C@H](c3cc(F)cc(F)c3)[C@H]3[C@@H]2C2CCN3CC2)n1. The van der Waals surface area contributed by atoms with Crippen LogP contribution in [0, 0.1) is 17.6 Å². The van der Waals surface area contributed by atoms with Gasteiger partial charge >= 0.3 is 0 Å². The molecule has 144 valence electrons. The van der Waals surface area contributed by atoms with Gasteiger partial charge in [-0.15, -0.1) is 0 Å². The van der Waals surface area contributed by atoms with Crippen LogP contribution >= 0.6 is 0 Å². The van der Waals surface area contributed by atoms with Crippen LogP contribution in [0.15, 0.2) is 22.7 Å². The minimum Gasteiger partial charge on any atom is -0.338 e. The fraction of sp³-hybridized carbons (Fsp3) is 0.600. The first-order valence-electron chi connectivity index (χ1n) is 9.88. The number of nitrogens with zero attached hydrogens (tertiary/aromatic N) is 4. The highest BCUT2D eigenvalue weighted by atomic mass is 19.1. The highest BCUT2D eigenvalue weighted by molar-refractivity contribution is 5.28. The van der Waals surface area contributed by atoms with E-state index in [0.29, 0.717) is 30.4 Å². The van der Waals surface area contributed by atoms with Gasteiger partial charge in [-0.1, -0.05) is 12.1 Å². The van der Waals surface area contributed by atoms with Gasteiger partial charge in [-0.3, -0.25) is 9.80 Å². The molecular formula is C20H24F2N4O. The number of rotatable bonds is 4. The Morgan fingerprint density at radius 2 is 1.85 bits per heavy atom. The predicted octanol–water partition coefficient (Wildman–Crippen LogP) is 2.97. The van der Waals surface area contributed by atoms with Gasteiger partial charge in [0.25, 0.3) is 0 Å². The average Bonchev–Trinajstić information content (AvgIpc) is 3.28. The van der Waals surface area contributed by atoms with Crippen LogP contribution < -0.4 is 0 Å². The quantitative estimate of drug-likeness (QED) is 0.823. The molecule has 0 saturated carbocycles. The molecule has 4 aliphatic heterocycles. The summed E-state index contributed by atoms with van der Waals surface area (Å²) < 4.78 is 33.2. The highest BCUT2D eigenvalue weighted by Gasteiger charge is 2.53. The number of aromatic nitrogens is 2. The highest BCUT2D eigenvalue weighted by Crippen LogP contribution is 2.47. The summed E-state index contributed by atoms with van der Waals surface area (Å²) in [7, 11) is 0. The van der Waals surface area contributed by atoms with Crippen molar-refractivity contribution in [3.8, 4) is 0 Å². The Bertz CT molecular complexity index is 813. The number of benzene rings is 1. The lowest BCUT2D eigenvalue weighted by molar-refractivity contribution is -0.0110. The molecule has 0 spiro atoms. The van der Waals surface area contributed by atoms with Crippen molar-refractivity contribution in [3.63, 3.8) is 0 Å². The maximum absolute atomic E-state index is 13.9. The summed E-state index contributed by atoms with van der Waals surface area (Å²) in [6, 6.07) is 4.62. The van der Waals surface area contributed by atoms with Crippen LogP contribution in [0.4, 0.5) is 8.78 Å². The van der Waals surface area contributed by atoms with Crippen molar-refractivity contribution in [1.82, 2.24) is 19.9 Å². The van der Waals surface area contributed by atoms with Crippen LogP contribution in [-0.4, -0.2) is 51.7 Å². The van der Waals surface area contributed by atoms with E-state index in [1.54, 1.807) is 0 Å². The summed E-state index contributed by atoms with van der Waals surface area (Å²) >= 11 is 0. The van der Waals surface area contributed by atoms with Crippen LogP contribution in [0.2, 0.25) is 0 Å². The van der Waals surface area contributed by atoms with Crippen molar-refractivity contribution in [3.05, 3.63) is 47.1 Å². The molecule has 0 radical (unpaired) electrons. The molecule has 0 amide bonds. The standard InChI is InChI=1S/C20H24F2N4O/c1-2-17-23-18(27-24-17)11-26-10-16(13-7-14(21)9-15(22)8-13)20-19(26)12-3-5-25(20)6-4-12/h7-9,12,16,19-20H,2-6,10-11H2,1H3/t16-,19+,20+/m1/s1. The molecule has 4 saturated heterocycles. The summed E-state index contributed by atoms with van der Waals surface area (Å²) in [6.07, 6.45) is 3.12. The van der Waals surface area contributed by atoms with Gasteiger partial charge in [-0.25, -0.2) is 8.78 Å². The molecule has 5 nitrogen and oxygen atoms in total. The van der Waals surface area contributed by atoms with Gasteiger partial charge in [0.1, 0.15) is 11.6 Å². The van der Waals surface area contributed by atoms with Crippen LogP contribution in [0.3, 0.4) is 0 Å². The predicted molar refractivity (Wildman–Crippen MR) is 95.1 cm³/mol. The van der Waals surface area contributed by atoms with Crippen molar-refractivity contribution in [1.29, 1.82) is 0 Å². The molecule has 5 heterocycles. The summed E-state index contributed by atoms with van der Waals surface area (Å²) in [5.41, 5.74) is 0.761. The Kier molecular flexibility index (Phi) is 4.24. The second-order valence-corrected chi connectivity index (χ2v) is 8.05. The lowest BCUT2D eigenvalue weighted by Crippen LogP contribution is -2.60. The number of hydrogen-bond acceptors (Lipinski definition) is 5. The molecule has 4 fully saturated rings. The maximum atomic E-state index is 13.9. The van der Waals surface area contributed by atoms with E-state index < -0.39 is 11.6 Å². The first-order chi connectivity index (χ1) is 13.1. The number of piperidine rings is 3. The van der Waals surface area contributed by atoms with Gasteiger partial charge in [-0.05, 0) is 49.5 Å². The second-order valence-electron chi connectivity index (χ2n) is 8.05. The molecule has 7 heteroatoms. The fourth-order valence-electron chi connectivity index (χ4n) is 5.48. The zero-order chi connectivity index (χ0) is 18.5. The van der Waals surface area contributed by atoms with E-state index >= 15 is 0 Å². The molecule has 0 N–H and O–H groups in total.